The van der Waals surface area contributed by atoms with Gasteiger partial charge in [-0.3, -0.25) is 18.6 Å². The minimum Gasteiger partial charge on any atom is -0.462 e. The van der Waals surface area contributed by atoms with Crippen molar-refractivity contribution in [3.05, 3.63) is 72.9 Å². The quantitative estimate of drug-likeness (QED) is 0.0154. The van der Waals surface area contributed by atoms with Crippen LogP contribution < -0.4 is 0 Å². The van der Waals surface area contributed by atoms with Crippen LogP contribution in [0.5, 0.6) is 0 Å². The highest BCUT2D eigenvalue weighted by Gasteiger charge is 2.27. The fourth-order valence-electron chi connectivity index (χ4n) is 5.14. The molecule has 0 rings (SSSR count). The highest BCUT2D eigenvalue weighted by molar-refractivity contribution is 7.47. The maximum Gasteiger partial charge on any atom is 0.472 e. The fourth-order valence-corrected chi connectivity index (χ4v) is 5.93. The summed E-state index contributed by atoms with van der Waals surface area (Å²) < 4.78 is 32.5. The van der Waals surface area contributed by atoms with Crippen LogP contribution in [0.1, 0.15) is 149 Å². The molecule has 56 heavy (non-hydrogen) atoms. The van der Waals surface area contributed by atoms with Crippen molar-refractivity contribution >= 4 is 19.8 Å². The first kappa shape index (κ1) is 53.4. The molecule has 11 nitrogen and oxygen atoms in total. The van der Waals surface area contributed by atoms with Gasteiger partial charge in [0.05, 0.1) is 25.9 Å². The van der Waals surface area contributed by atoms with Crippen LogP contribution in [-0.2, 0) is 32.7 Å². The van der Waals surface area contributed by atoms with Crippen molar-refractivity contribution in [2.45, 2.75) is 167 Å². The number of hydrogen-bond donors (Lipinski definition) is 4. The summed E-state index contributed by atoms with van der Waals surface area (Å²) in [6, 6.07) is 0. The monoisotopic (exact) mass is 811 g/mol. The number of rotatable bonds is 38. The number of carbonyl (C=O) groups excluding carboxylic acids is 2. The number of unbranched alkanes of at least 4 members (excludes halogenated alkanes) is 12. The molecule has 0 fully saturated rings. The molecule has 0 radical (unpaired) electrons. The molecule has 4 N–H and O–H groups in total. The van der Waals surface area contributed by atoms with Crippen LogP contribution in [0.3, 0.4) is 0 Å². The Morgan fingerprint density at radius 3 is 1.84 bits per heavy atom. The van der Waals surface area contributed by atoms with E-state index in [1.165, 1.54) is 44.9 Å². The van der Waals surface area contributed by atoms with Crippen LogP contribution >= 0.6 is 7.82 Å². The molecule has 0 aromatic rings. The summed E-state index contributed by atoms with van der Waals surface area (Å²) >= 11 is 0. The first-order valence-corrected chi connectivity index (χ1v) is 22.5. The molecule has 0 spiro atoms. The van der Waals surface area contributed by atoms with E-state index >= 15 is 0 Å². The third kappa shape index (κ3) is 38.3. The molecule has 0 saturated carbocycles. The molecule has 0 aromatic carbocycles. The predicted octanol–water partition coefficient (Wildman–Crippen LogP) is 9.86. The number of phosphoric acid groups is 1. The summed E-state index contributed by atoms with van der Waals surface area (Å²) in [6.45, 7) is 2.07. The van der Waals surface area contributed by atoms with Crippen LogP contribution in [0.4, 0.5) is 0 Å². The second kappa shape index (κ2) is 39.2. The average molecular weight is 811 g/mol. The van der Waals surface area contributed by atoms with Crippen molar-refractivity contribution in [3.63, 3.8) is 0 Å². The highest BCUT2D eigenvalue weighted by Crippen LogP contribution is 2.43. The van der Waals surface area contributed by atoms with Gasteiger partial charge >= 0.3 is 19.8 Å². The minimum atomic E-state index is -4.67. The lowest BCUT2D eigenvalue weighted by atomic mass is 10.1. The molecular weight excluding hydrogens is 735 g/mol. The van der Waals surface area contributed by atoms with Crippen molar-refractivity contribution in [1.29, 1.82) is 0 Å². The van der Waals surface area contributed by atoms with Crippen molar-refractivity contribution in [2.24, 2.45) is 0 Å². The summed E-state index contributed by atoms with van der Waals surface area (Å²) in [6.07, 6.45) is 40.4. The SMILES string of the molecule is CCCCC/C=C\C/C=C\C/C=C\C=C\[C@@H](O)CCCC(=O)OC[C@H](COP(=O)(O)OC[C@@H](O)CO)OC(=O)CCCCCCC/C=C\C=C/CCCCCC. The number of aliphatic hydroxyl groups is 3. The molecule has 4 atom stereocenters. The Bertz CT molecular complexity index is 1180. The van der Waals surface area contributed by atoms with E-state index in [1.54, 1.807) is 12.2 Å². The number of esters is 2. The molecule has 0 saturated heterocycles. The lowest BCUT2D eigenvalue weighted by Gasteiger charge is -2.20. The van der Waals surface area contributed by atoms with E-state index in [0.29, 0.717) is 19.3 Å². The van der Waals surface area contributed by atoms with E-state index in [4.69, 9.17) is 19.1 Å². The van der Waals surface area contributed by atoms with Gasteiger partial charge in [-0.05, 0) is 70.6 Å². The molecule has 0 aliphatic carbocycles. The lowest BCUT2D eigenvalue weighted by molar-refractivity contribution is -0.161. The first-order valence-electron chi connectivity index (χ1n) is 21.0. The number of allylic oxidation sites excluding steroid dienone is 11. The molecule has 12 heteroatoms. The van der Waals surface area contributed by atoms with Crippen molar-refractivity contribution in [2.75, 3.05) is 26.4 Å². The molecule has 0 aromatic heterocycles. The van der Waals surface area contributed by atoms with Gasteiger partial charge in [0, 0.05) is 12.8 Å². The lowest BCUT2D eigenvalue weighted by Crippen LogP contribution is -2.30. The normalized spacial score (nSPS) is 15.2. The zero-order chi connectivity index (χ0) is 41.4. The van der Waals surface area contributed by atoms with Crippen molar-refractivity contribution < 1.29 is 52.9 Å². The van der Waals surface area contributed by atoms with Crippen LogP contribution in [-0.4, -0.2) is 76.9 Å². The van der Waals surface area contributed by atoms with E-state index in [-0.39, 0.29) is 12.8 Å². The number of hydrogen-bond acceptors (Lipinski definition) is 10. The average Bonchev–Trinajstić information content (AvgIpc) is 3.18. The van der Waals surface area contributed by atoms with Crippen LogP contribution in [0.2, 0.25) is 0 Å². The Morgan fingerprint density at radius 2 is 1.14 bits per heavy atom. The molecule has 322 valence electrons. The minimum absolute atomic E-state index is 0.00633. The van der Waals surface area contributed by atoms with Crippen molar-refractivity contribution in [3.8, 4) is 0 Å². The van der Waals surface area contributed by atoms with Crippen LogP contribution in [0, 0.1) is 0 Å². The third-order valence-corrected chi connectivity index (χ3v) is 9.42. The summed E-state index contributed by atoms with van der Waals surface area (Å²) in [5, 5.41) is 28.5. The topological polar surface area (TPSA) is 169 Å². The van der Waals surface area contributed by atoms with E-state index in [0.717, 1.165) is 57.8 Å². The maximum atomic E-state index is 12.6. The standard InChI is InChI=1S/C44H75O11P/c1-3-5-7-9-11-13-15-17-18-20-22-24-26-28-30-34-44(49)55-42(39-54-56(50,51)53-37-41(47)36-45)38-52-43(48)35-31-33-40(46)32-29-27-25-23-21-19-16-14-12-10-8-6-4-2/h12-15,17-19,21,25,27,29,32,40-42,45-47H,3-11,16,20,22-24,26,28,30-31,33-39H2,1-2H3,(H,50,51)/b14-12-,15-13-,18-17-,21-19-,27-25-,32-29+/t40-,41+,42-/m1/s1. The van der Waals surface area contributed by atoms with Gasteiger partial charge in [-0.25, -0.2) is 4.57 Å². The molecule has 0 amide bonds. The second-order valence-electron chi connectivity index (χ2n) is 13.9. The number of ether oxygens (including phenoxy) is 2. The predicted molar refractivity (Wildman–Crippen MR) is 225 cm³/mol. The molecule has 0 aliphatic rings. The first-order chi connectivity index (χ1) is 27.1. The summed E-state index contributed by atoms with van der Waals surface area (Å²) in [5.41, 5.74) is 0. The third-order valence-electron chi connectivity index (χ3n) is 8.47. The smallest absolute Gasteiger partial charge is 0.462 e. The Balaban J connectivity index is 4.56. The molecule has 0 aliphatic heterocycles. The Labute approximate surface area is 338 Å². The molecular formula is C44H75O11P. The zero-order valence-corrected chi connectivity index (χ0v) is 35.3. The largest absolute Gasteiger partial charge is 0.472 e. The Hall–Kier alpha value is -2.63. The number of phosphoric ester groups is 1. The van der Waals surface area contributed by atoms with Gasteiger partial charge in [0.15, 0.2) is 6.10 Å². The maximum absolute atomic E-state index is 12.6. The summed E-state index contributed by atoms with van der Waals surface area (Å²) in [7, 11) is -4.67. The molecule has 0 bridgehead atoms. The van der Waals surface area contributed by atoms with Crippen molar-refractivity contribution in [1.82, 2.24) is 0 Å². The van der Waals surface area contributed by atoms with E-state index in [2.05, 4.69) is 67.0 Å². The van der Waals surface area contributed by atoms with Crippen LogP contribution in [0.15, 0.2) is 72.9 Å². The fraction of sp³-hybridized carbons (Fsp3) is 0.682. The number of aliphatic hydroxyl groups excluding tert-OH is 3. The Kier molecular flexibility index (Phi) is 37.4. The molecule has 0 heterocycles. The van der Waals surface area contributed by atoms with Gasteiger partial charge in [-0.15, -0.1) is 0 Å². The zero-order valence-electron chi connectivity index (χ0n) is 34.4. The van der Waals surface area contributed by atoms with Gasteiger partial charge in [-0.1, -0.05) is 138 Å². The second-order valence-corrected chi connectivity index (χ2v) is 15.3. The van der Waals surface area contributed by atoms with Gasteiger partial charge < -0.3 is 29.7 Å². The highest BCUT2D eigenvalue weighted by atomic mass is 31.2. The molecule has 1 unspecified atom stereocenters. The van der Waals surface area contributed by atoms with Gasteiger partial charge in [0.1, 0.15) is 12.7 Å². The summed E-state index contributed by atoms with van der Waals surface area (Å²) in [5.74, 6) is -1.15. The number of carbonyl (C=O) groups is 2. The van der Waals surface area contributed by atoms with Gasteiger partial charge in [0.25, 0.3) is 0 Å². The van der Waals surface area contributed by atoms with Crippen LogP contribution in [0.25, 0.3) is 0 Å². The van der Waals surface area contributed by atoms with E-state index < -0.39 is 64.5 Å². The van der Waals surface area contributed by atoms with Gasteiger partial charge in [-0.2, -0.15) is 0 Å². The summed E-state index contributed by atoms with van der Waals surface area (Å²) in [4.78, 5) is 35.0. The van der Waals surface area contributed by atoms with E-state index in [9.17, 15) is 29.3 Å². The van der Waals surface area contributed by atoms with E-state index in [1.807, 2.05) is 12.2 Å². The van der Waals surface area contributed by atoms with Gasteiger partial charge in [0.2, 0.25) is 0 Å². The Morgan fingerprint density at radius 1 is 0.607 bits per heavy atom.